The molecule has 7 rings (SSSR count). The Balaban J connectivity index is 1.13. The van der Waals surface area contributed by atoms with Gasteiger partial charge in [-0.25, -0.2) is 13.8 Å². The van der Waals surface area contributed by atoms with Gasteiger partial charge in [0.2, 0.25) is 5.89 Å². The molecule has 0 bridgehead atoms. The molecule has 0 unspecified atom stereocenters. The van der Waals surface area contributed by atoms with Gasteiger partial charge in [0.15, 0.2) is 5.58 Å². The highest BCUT2D eigenvalue weighted by molar-refractivity contribution is 5.91. The third-order valence-electron chi connectivity index (χ3n) is 7.24. The van der Waals surface area contributed by atoms with Crippen LogP contribution in [0.5, 0.6) is 0 Å². The zero-order valence-corrected chi connectivity index (χ0v) is 21.6. The average molecular weight is 535 g/mol. The molecule has 0 atom stereocenters. The van der Waals surface area contributed by atoms with Crippen LogP contribution in [0.3, 0.4) is 0 Å². The first kappa shape index (κ1) is 24.4. The van der Waals surface area contributed by atoms with Crippen LogP contribution >= 0.6 is 0 Å². The van der Waals surface area contributed by atoms with E-state index in [9.17, 15) is 8.78 Å². The minimum atomic E-state index is -0.590. The number of hydrogen-bond donors (Lipinski definition) is 0. The second-order valence-corrected chi connectivity index (χ2v) is 9.90. The fraction of sp³-hybridized carbons (Fsp3) is 0. The molecule has 0 saturated carbocycles. The molecule has 0 spiro atoms. The standard InChI is InChI=1S/C36H20F2N2O/c37-32-18-31(19-33(38)20-32)25-4-2-23(3-5-25)27-10-12-30-17-28(11-13-29(30)16-27)24-6-8-26(9-7-24)36-40-34-14-1-22(21-39)15-35(34)41-36/h1-20H. The largest absolute Gasteiger partial charge is 0.436 e. The molecule has 3 nitrogen and oxygen atoms in total. The zero-order valence-electron chi connectivity index (χ0n) is 21.6. The molecular weight excluding hydrogens is 514 g/mol. The molecule has 0 aliphatic heterocycles. The highest BCUT2D eigenvalue weighted by atomic mass is 19.1. The van der Waals surface area contributed by atoms with E-state index >= 15 is 0 Å². The summed E-state index contributed by atoms with van der Waals surface area (Å²) in [4.78, 5) is 4.56. The molecule has 1 heterocycles. The lowest BCUT2D eigenvalue weighted by Crippen LogP contribution is -1.85. The Morgan fingerprint density at radius 3 is 1.59 bits per heavy atom. The van der Waals surface area contributed by atoms with Crippen molar-refractivity contribution in [2.24, 2.45) is 0 Å². The highest BCUT2D eigenvalue weighted by Gasteiger charge is 2.10. The van der Waals surface area contributed by atoms with Gasteiger partial charge in [0.1, 0.15) is 17.2 Å². The molecule has 0 N–H and O–H groups in total. The van der Waals surface area contributed by atoms with Crippen LogP contribution in [-0.2, 0) is 0 Å². The number of benzene rings is 6. The Hall–Kier alpha value is -5.60. The van der Waals surface area contributed by atoms with E-state index in [0.29, 0.717) is 22.6 Å². The molecule has 0 saturated heterocycles. The predicted molar refractivity (Wildman–Crippen MR) is 158 cm³/mol. The highest BCUT2D eigenvalue weighted by Crippen LogP contribution is 2.32. The van der Waals surface area contributed by atoms with Crippen LogP contribution < -0.4 is 0 Å². The summed E-state index contributed by atoms with van der Waals surface area (Å²) < 4.78 is 33.2. The van der Waals surface area contributed by atoms with Crippen LogP contribution in [0.15, 0.2) is 126 Å². The summed E-state index contributed by atoms with van der Waals surface area (Å²) in [5.74, 6) is -0.662. The number of oxazole rings is 1. The summed E-state index contributed by atoms with van der Waals surface area (Å²) in [5.41, 5.74) is 8.24. The van der Waals surface area contributed by atoms with Crippen molar-refractivity contribution in [3.63, 3.8) is 0 Å². The Labute approximate surface area is 234 Å². The summed E-state index contributed by atoms with van der Waals surface area (Å²) in [5, 5.41) is 11.4. The number of aromatic nitrogens is 1. The Bertz CT molecular complexity index is 2100. The Morgan fingerprint density at radius 1 is 0.512 bits per heavy atom. The smallest absolute Gasteiger partial charge is 0.227 e. The van der Waals surface area contributed by atoms with E-state index in [2.05, 4.69) is 47.5 Å². The summed E-state index contributed by atoms with van der Waals surface area (Å²) >= 11 is 0. The number of nitriles is 1. The van der Waals surface area contributed by atoms with E-state index in [4.69, 9.17) is 9.68 Å². The molecule has 5 heteroatoms. The SMILES string of the molecule is N#Cc1ccc2nc(-c3ccc(-c4ccc5cc(-c6ccc(-c7cc(F)cc(F)c7)cc6)ccc5c4)cc3)oc2c1. The predicted octanol–water partition coefficient (Wildman–Crippen LogP) is 9.80. The van der Waals surface area contributed by atoms with E-state index in [0.717, 1.165) is 55.7 Å². The van der Waals surface area contributed by atoms with Gasteiger partial charge < -0.3 is 4.42 Å². The molecule has 0 fully saturated rings. The van der Waals surface area contributed by atoms with Gasteiger partial charge in [-0.1, -0.05) is 60.7 Å². The maximum Gasteiger partial charge on any atom is 0.227 e. The van der Waals surface area contributed by atoms with Crippen LogP contribution in [0.4, 0.5) is 8.78 Å². The molecule has 1 aromatic heterocycles. The number of fused-ring (bicyclic) bond motifs is 2. The molecule has 0 amide bonds. The van der Waals surface area contributed by atoms with Crippen LogP contribution in [0.2, 0.25) is 0 Å². The molecule has 0 aliphatic carbocycles. The lowest BCUT2D eigenvalue weighted by atomic mass is 9.96. The third-order valence-corrected chi connectivity index (χ3v) is 7.24. The van der Waals surface area contributed by atoms with Crippen molar-refractivity contribution in [1.82, 2.24) is 4.98 Å². The van der Waals surface area contributed by atoms with Crippen molar-refractivity contribution in [2.45, 2.75) is 0 Å². The van der Waals surface area contributed by atoms with Crippen molar-refractivity contribution in [3.05, 3.63) is 139 Å². The average Bonchev–Trinajstić information content (AvgIpc) is 3.44. The molecule has 0 aliphatic rings. The zero-order chi connectivity index (χ0) is 27.9. The van der Waals surface area contributed by atoms with Crippen molar-refractivity contribution in [2.75, 3.05) is 0 Å². The normalized spacial score (nSPS) is 11.1. The Kier molecular flexibility index (Phi) is 5.88. The van der Waals surface area contributed by atoms with Crippen molar-refractivity contribution in [3.8, 4) is 50.9 Å². The first-order chi connectivity index (χ1) is 20.0. The van der Waals surface area contributed by atoms with Crippen LogP contribution in [0, 0.1) is 23.0 Å². The summed E-state index contributed by atoms with van der Waals surface area (Å²) in [6.07, 6.45) is 0. The van der Waals surface area contributed by atoms with E-state index in [1.807, 2.05) is 48.5 Å². The van der Waals surface area contributed by atoms with E-state index in [1.165, 1.54) is 12.1 Å². The number of nitrogens with zero attached hydrogens (tertiary/aromatic N) is 2. The first-order valence-corrected chi connectivity index (χ1v) is 13.0. The maximum absolute atomic E-state index is 13.6. The fourth-order valence-electron chi connectivity index (χ4n) is 5.10. The molecule has 6 aromatic carbocycles. The molecule has 194 valence electrons. The van der Waals surface area contributed by atoms with Crippen molar-refractivity contribution in [1.29, 1.82) is 5.26 Å². The topological polar surface area (TPSA) is 49.8 Å². The van der Waals surface area contributed by atoms with Gasteiger partial charge in [0.25, 0.3) is 0 Å². The van der Waals surface area contributed by atoms with E-state index in [1.54, 1.807) is 18.2 Å². The van der Waals surface area contributed by atoms with Crippen molar-refractivity contribution < 1.29 is 13.2 Å². The first-order valence-electron chi connectivity index (χ1n) is 13.0. The fourth-order valence-corrected chi connectivity index (χ4v) is 5.10. The second-order valence-electron chi connectivity index (χ2n) is 9.90. The molecule has 0 radical (unpaired) electrons. The number of halogens is 2. The van der Waals surface area contributed by atoms with Crippen LogP contribution in [0.25, 0.3) is 66.7 Å². The Morgan fingerprint density at radius 2 is 1.02 bits per heavy atom. The minimum absolute atomic E-state index is 0.510. The van der Waals surface area contributed by atoms with E-state index < -0.39 is 11.6 Å². The van der Waals surface area contributed by atoms with Crippen LogP contribution in [-0.4, -0.2) is 4.98 Å². The molecular formula is C36H20F2N2O. The van der Waals surface area contributed by atoms with Crippen molar-refractivity contribution >= 4 is 21.9 Å². The summed E-state index contributed by atoms with van der Waals surface area (Å²) in [6, 6.07) is 39.4. The lowest BCUT2D eigenvalue weighted by molar-refractivity contribution is 0.584. The summed E-state index contributed by atoms with van der Waals surface area (Å²) in [6.45, 7) is 0. The van der Waals surface area contributed by atoms with Gasteiger partial charge in [-0.2, -0.15) is 5.26 Å². The van der Waals surface area contributed by atoms with Gasteiger partial charge in [-0.3, -0.25) is 0 Å². The van der Waals surface area contributed by atoms with E-state index in [-0.39, 0.29) is 0 Å². The van der Waals surface area contributed by atoms with Gasteiger partial charge in [0.05, 0.1) is 11.6 Å². The third kappa shape index (κ3) is 4.73. The molecule has 41 heavy (non-hydrogen) atoms. The molecule has 7 aromatic rings. The maximum atomic E-state index is 13.6. The monoisotopic (exact) mass is 534 g/mol. The van der Waals surface area contributed by atoms with Gasteiger partial charge >= 0.3 is 0 Å². The van der Waals surface area contributed by atoms with Gasteiger partial charge in [-0.05, 0) is 92.7 Å². The minimum Gasteiger partial charge on any atom is -0.436 e. The van der Waals surface area contributed by atoms with Gasteiger partial charge in [-0.15, -0.1) is 0 Å². The number of hydrogen-bond acceptors (Lipinski definition) is 3. The number of rotatable bonds is 4. The summed E-state index contributed by atoms with van der Waals surface area (Å²) in [7, 11) is 0. The van der Waals surface area contributed by atoms with Crippen LogP contribution in [0.1, 0.15) is 5.56 Å². The second kappa shape index (κ2) is 9.86. The lowest BCUT2D eigenvalue weighted by Gasteiger charge is -2.09. The quantitative estimate of drug-likeness (QED) is 0.226. The van der Waals surface area contributed by atoms with Gasteiger partial charge in [0, 0.05) is 17.7 Å².